The largest absolute Gasteiger partial charge is 0.308 e. The van der Waals surface area contributed by atoms with E-state index in [2.05, 4.69) is 73.8 Å². The van der Waals surface area contributed by atoms with E-state index in [0.717, 1.165) is 24.1 Å². The standard InChI is InChI=1S/C14H21BrN4S/c1-4-16-13(11-5-8-20-10-11)14-12(15)9-17-19(14)7-6-18(2)3/h5,8-10,13,16H,4,6-7H2,1-3H3. The quantitative estimate of drug-likeness (QED) is 0.827. The van der Waals surface area contributed by atoms with Crippen molar-refractivity contribution >= 4 is 27.3 Å². The van der Waals surface area contributed by atoms with Crippen LogP contribution >= 0.6 is 27.3 Å². The third-order valence-corrected chi connectivity index (χ3v) is 4.46. The molecule has 0 bridgehead atoms. The normalized spacial score (nSPS) is 13.1. The van der Waals surface area contributed by atoms with Gasteiger partial charge in [-0.1, -0.05) is 6.92 Å². The van der Waals surface area contributed by atoms with Crippen molar-refractivity contribution in [3.05, 3.63) is 38.8 Å². The Morgan fingerprint density at radius 1 is 1.50 bits per heavy atom. The van der Waals surface area contributed by atoms with Gasteiger partial charge in [-0.2, -0.15) is 16.4 Å². The molecule has 0 saturated heterocycles. The number of aromatic nitrogens is 2. The highest BCUT2D eigenvalue weighted by atomic mass is 79.9. The predicted molar refractivity (Wildman–Crippen MR) is 88.3 cm³/mol. The van der Waals surface area contributed by atoms with E-state index in [-0.39, 0.29) is 6.04 Å². The average molecular weight is 357 g/mol. The smallest absolute Gasteiger partial charge is 0.0767 e. The molecule has 6 heteroatoms. The Labute approximate surface area is 132 Å². The van der Waals surface area contributed by atoms with Crippen LogP contribution in [0.15, 0.2) is 27.5 Å². The lowest BCUT2D eigenvalue weighted by Crippen LogP contribution is -2.27. The molecule has 2 aromatic rings. The van der Waals surface area contributed by atoms with E-state index in [0.29, 0.717) is 0 Å². The van der Waals surface area contributed by atoms with Gasteiger partial charge in [0.15, 0.2) is 0 Å². The summed E-state index contributed by atoms with van der Waals surface area (Å²) < 4.78 is 3.16. The fraction of sp³-hybridized carbons (Fsp3) is 0.500. The number of likely N-dealkylation sites (N-methyl/N-ethyl adjacent to an activating group) is 1. The summed E-state index contributed by atoms with van der Waals surface area (Å²) in [6.45, 7) is 4.92. The predicted octanol–water partition coefficient (Wildman–Crippen LogP) is 2.97. The summed E-state index contributed by atoms with van der Waals surface area (Å²) in [5, 5.41) is 12.4. The van der Waals surface area contributed by atoms with Crippen LogP contribution in [0.1, 0.15) is 24.2 Å². The van der Waals surface area contributed by atoms with Crippen LogP contribution in [0.25, 0.3) is 0 Å². The molecule has 110 valence electrons. The first kappa shape index (κ1) is 15.7. The molecule has 0 fully saturated rings. The van der Waals surface area contributed by atoms with Crippen LogP contribution in [0.4, 0.5) is 0 Å². The molecule has 0 amide bonds. The van der Waals surface area contributed by atoms with Crippen LogP contribution in [-0.4, -0.2) is 41.9 Å². The van der Waals surface area contributed by atoms with E-state index in [1.165, 1.54) is 11.3 Å². The molecule has 0 aliphatic rings. The van der Waals surface area contributed by atoms with E-state index in [4.69, 9.17) is 0 Å². The summed E-state index contributed by atoms with van der Waals surface area (Å²) in [7, 11) is 4.16. The molecule has 2 rings (SSSR count). The first-order chi connectivity index (χ1) is 9.63. The van der Waals surface area contributed by atoms with E-state index < -0.39 is 0 Å². The van der Waals surface area contributed by atoms with Crippen LogP contribution in [0, 0.1) is 0 Å². The monoisotopic (exact) mass is 356 g/mol. The molecule has 0 aliphatic heterocycles. The first-order valence-corrected chi connectivity index (χ1v) is 8.48. The number of rotatable bonds is 7. The van der Waals surface area contributed by atoms with Gasteiger partial charge in [0.25, 0.3) is 0 Å². The molecule has 0 radical (unpaired) electrons. The zero-order valence-electron chi connectivity index (χ0n) is 12.1. The molecule has 2 aromatic heterocycles. The second-order valence-corrected chi connectivity index (χ2v) is 6.59. The summed E-state index contributed by atoms with van der Waals surface area (Å²) in [5.74, 6) is 0. The van der Waals surface area contributed by atoms with Crippen LogP contribution < -0.4 is 5.32 Å². The molecule has 0 spiro atoms. The third kappa shape index (κ3) is 3.69. The lowest BCUT2D eigenvalue weighted by atomic mass is 10.1. The Kier molecular flexibility index (Phi) is 5.77. The maximum absolute atomic E-state index is 4.51. The third-order valence-electron chi connectivity index (χ3n) is 3.15. The van der Waals surface area contributed by atoms with Gasteiger partial charge < -0.3 is 10.2 Å². The van der Waals surface area contributed by atoms with Crippen LogP contribution in [0.2, 0.25) is 0 Å². The minimum absolute atomic E-state index is 0.185. The van der Waals surface area contributed by atoms with Gasteiger partial charge in [-0.3, -0.25) is 4.68 Å². The molecule has 1 N–H and O–H groups in total. The van der Waals surface area contributed by atoms with Crippen molar-refractivity contribution in [3.63, 3.8) is 0 Å². The van der Waals surface area contributed by atoms with Gasteiger partial charge in [0.1, 0.15) is 0 Å². The van der Waals surface area contributed by atoms with Gasteiger partial charge in [0.2, 0.25) is 0 Å². The summed E-state index contributed by atoms with van der Waals surface area (Å²) in [6.07, 6.45) is 1.89. The highest BCUT2D eigenvalue weighted by Crippen LogP contribution is 2.29. The fourth-order valence-corrected chi connectivity index (χ4v) is 3.36. The highest BCUT2D eigenvalue weighted by Gasteiger charge is 2.21. The molecule has 1 unspecified atom stereocenters. The second kappa shape index (κ2) is 7.36. The molecule has 4 nitrogen and oxygen atoms in total. The molecular weight excluding hydrogens is 336 g/mol. The zero-order valence-corrected chi connectivity index (χ0v) is 14.5. The van der Waals surface area contributed by atoms with Crippen molar-refractivity contribution in [3.8, 4) is 0 Å². The maximum atomic E-state index is 4.51. The Bertz CT molecular complexity index is 521. The van der Waals surface area contributed by atoms with Gasteiger partial charge in [-0.25, -0.2) is 0 Å². The topological polar surface area (TPSA) is 33.1 Å². The SMILES string of the molecule is CCNC(c1ccsc1)c1c(Br)cnn1CCN(C)C. The van der Waals surface area contributed by atoms with E-state index in [1.54, 1.807) is 11.3 Å². The molecule has 0 saturated carbocycles. The molecule has 0 aliphatic carbocycles. The minimum atomic E-state index is 0.185. The lowest BCUT2D eigenvalue weighted by Gasteiger charge is -2.20. The molecular formula is C14H21BrN4S. The Morgan fingerprint density at radius 2 is 2.30 bits per heavy atom. The number of hydrogen-bond donors (Lipinski definition) is 1. The lowest BCUT2D eigenvalue weighted by molar-refractivity contribution is 0.365. The molecule has 20 heavy (non-hydrogen) atoms. The van der Waals surface area contributed by atoms with E-state index in [1.807, 2.05) is 6.20 Å². The van der Waals surface area contributed by atoms with Gasteiger partial charge >= 0.3 is 0 Å². The van der Waals surface area contributed by atoms with E-state index >= 15 is 0 Å². The number of nitrogens with zero attached hydrogens (tertiary/aromatic N) is 3. The van der Waals surface area contributed by atoms with Crippen molar-refractivity contribution in [2.45, 2.75) is 19.5 Å². The number of hydrogen-bond acceptors (Lipinski definition) is 4. The second-order valence-electron chi connectivity index (χ2n) is 4.95. The number of halogens is 1. The number of nitrogens with one attached hydrogen (secondary N) is 1. The van der Waals surface area contributed by atoms with Crippen molar-refractivity contribution in [1.82, 2.24) is 20.0 Å². The van der Waals surface area contributed by atoms with Gasteiger partial charge in [-0.05, 0) is 59.0 Å². The first-order valence-electron chi connectivity index (χ1n) is 6.75. The zero-order chi connectivity index (χ0) is 14.5. The minimum Gasteiger partial charge on any atom is -0.308 e. The van der Waals surface area contributed by atoms with Gasteiger partial charge in [0, 0.05) is 6.54 Å². The average Bonchev–Trinajstić information content (AvgIpc) is 3.04. The fourth-order valence-electron chi connectivity index (χ4n) is 2.15. The Morgan fingerprint density at radius 3 is 2.90 bits per heavy atom. The summed E-state index contributed by atoms with van der Waals surface area (Å²) in [5.41, 5.74) is 2.50. The molecule has 2 heterocycles. The van der Waals surface area contributed by atoms with Gasteiger partial charge in [0.05, 0.1) is 29.0 Å². The van der Waals surface area contributed by atoms with Crippen molar-refractivity contribution < 1.29 is 0 Å². The van der Waals surface area contributed by atoms with Crippen LogP contribution in [-0.2, 0) is 6.54 Å². The summed E-state index contributed by atoms with van der Waals surface area (Å²) in [6, 6.07) is 2.36. The van der Waals surface area contributed by atoms with Crippen LogP contribution in [0.5, 0.6) is 0 Å². The van der Waals surface area contributed by atoms with Crippen molar-refractivity contribution in [2.24, 2.45) is 0 Å². The van der Waals surface area contributed by atoms with Crippen LogP contribution in [0.3, 0.4) is 0 Å². The van der Waals surface area contributed by atoms with Crippen molar-refractivity contribution in [1.29, 1.82) is 0 Å². The van der Waals surface area contributed by atoms with Gasteiger partial charge in [-0.15, -0.1) is 0 Å². The van der Waals surface area contributed by atoms with E-state index in [9.17, 15) is 0 Å². The summed E-state index contributed by atoms with van der Waals surface area (Å²) >= 11 is 5.37. The summed E-state index contributed by atoms with van der Waals surface area (Å²) in [4.78, 5) is 2.17. The number of thiophene rings is 1. The Hall–Kier alpha value is -0.690. The molecule has 1 atom stereocenters. The van der Waals surface area contributed by atoms with Crippen molar-refractivity contribution in [2.75, 3.05) is 27.2 Å². The highest BCUT2D eigenvalue weighted by molar-refractivity contribution is 9.10. The Balaban J connectivity index is 2.30. The molecule has 0 aromatic carbocycles. The maximum Gasteiger partial charge on any atom is 0.0767 e.